The highest BCUT2D eigenvalue weighted by Crippen LogP contribution is 2.36. The number of hydrogen-bond acceptors (Lipinski definition) is 3. The monoisotopic (exact) mass is 312 g/mol. The molecule has 0 bridgehead atoms. The molecule has 0 spiro atoms. The molecule has 0 aromatic carbocycles. The molecule has 6 nitrogen and oxygen atoms in total. The number of nitrogens with one attached hydrogen (secondary N) is 1. The summed E-state index contributed by atoms with van der Waals surface area (Å²) in [5.41, 5.74) is 1.60. The van der Waals surface area contributed by atoms with Crippen LogP contribution in [0.3, 0.4) is 0 Å². The molecule has 1 fully saturated rings. The van der Waals surface area contributed by atoms with Crippen molar-refractivity contribution < 1.29 is 4.79 Å². The number of H-pyrrole nitrogens is 1. The van der Waals surface area contributed by atoms with Crippen molar-refractivity contribution in [2.24, 2.45) is 10.9 Å². The molecule has 120 valence electrons. The van der Waals surface area contributed by atoms with Crippen LogP contribution in [0.1, 0.15) is 19.8 Å². The van der Waals surface area contributed by atoms with Crippen molar-refractivity contribution in [2.45, 2.75) is 19.8 Å². The van der Waals surface area contributed by atoms with Gasteiger partial charge in [-0.2, -0.15) is 0 Å². The Bertz CT molecular complexity index is 779. The van der Waals surface area contributed by atoms with Crippen molar-refractivity contribution in [1.29, 1.82) is 0 Å². The number of likely N-dealkylation sites (tertiary alicyclic amines) is 1. The van der Waals surface area contributed by atoms with Crippen LogP contribution < -0.4 is 5.56 Å². The first-order chi connectivity index (χ1) is 11.1. The minimum atomic E-state index is -0.202. The Hall–Kier alpha value is -2.63. The number of hydrogen-bond donors (Lipinski definition) is 1. The molecular formula is C17H20N4O2. The molecule has 1 aliphatic heterocycles. The number of aromatic nitrogens is 2. The Morgan fingerprint density at radius 3 is 3.04 bits per heavy atom. The largest absolute Gasteiger partial charge is 0.338 e. The SMILES string of the molecule is C=C(C=N/C(=C\C)n1[nH]ccc1=O)C(=O)N1CCCC2=CC2C1. The number of aliphatic imine (C=N–C) groups is 1. The molecular weight excluding hydrogens is 292 g/mol. The van der Waals surface area contributed by atoms with Crippen LogP contribution in [0.5, 0.6) is 0 Å². The predicted molar refractivity (Wildman–Crippen MR) is 90.0 cm³/mol. The maximum Gasteiger partial charge on any atom is 0.272 e. The summed E-state index contributed by atoms with van der Waals surface area (Å²) < 4.78 is 1.31. The van der Waals surface area contributed by atoms with E-state index in [2.05, 4.69) is 22.7 Å². The molecule has 1 amide bonds. The van der Waals surface area contributed by atoms with Gasteiger partial charge in [0.2, 0.25) is 0 Å². The van der Waals surface area contributed by atoms with Crippen LogP contribution in [-0.4, -0.2) is 39.9 Å². The first-order valence-electron chi connectivity index (χ1n) is 7.76. The van der Waals surface area contributed by atoms with Gasteiger partial charge in [0.15, 0.2) is 5.82 Å². The highest BCUT2D eigenvalue weighted by Gasteiger charge is 2.31. The predicted octanol–water partition coefficient (Wildman–Crippen LogP) is 1.80. The van der Waals surface area contributed by atoms with Crippen molar-refractivity contribution in [3.8, 4) is 0 Å². The second-order valence-electron chi connectivity index (χ2n) is 5.77. The fourth-order valence-corrected chi connectivity index (χ4v) is 2.80. The van der Waals surface area contributed by atoms with Gasteiger partial charge in [-0.15, -0.1) is 0 Å². The van der Waals surface area contributed by atoms with Gasteiger partial charge in [0, 0.05) is 37.5 Å². The molecule has 2 aliphatic rings. The maximum absolute atomic E-state index is 12.5. The molecule has 23 heavy (non-hydrogen) atoms. The lowest BCUT2D eigenvalue weighted by molar-refractivity contribution is -0.126. The van der Waals surface area contributed by atoms with Gasteiger partial charge < -0.3 is 4.90 Å². The Kier molecular flexibility index (Phi) is 4.14. The summed E-state index contributed by atoms with van der Waals surface area (Å²) in [4.78, 5) is 30.2. The number of allylic oxidation sites excluding steroid dienone is 1. The van der Waals surface area contributed by atoms with E-state index in [-0.39, 0.29) is 11.5 Å². The second kappa shape index (κ2) is 6.24. The minimum Gasteiger partial charge on any atom is -0.338 e. The zero-order chi connectivity index (χ0) is 16.4. The van der Waals surface area contributed by atoms with E-state index in [0.29, 0.717) is 17.3 Å². The van der Waals surface area contributed by atoms with Crippen LogP contribution in [0, 0.1) is 5.92 Å². The van der Waals surface area contributed by atoms with Gasteiger partial charge in [0.25, 0.3) is 11.5 Å². The summed E-state index contributed by atoms with van der Waals surface area (Å²) in [5.74, 6) is 0.801. The first kappa shape index (κ1) is 15.3. The zero-order valence-electron chi connectivity index (χ0n) is 13.2. The summed E-state index contributed by atoms with van der Waals surface area (Å²) in [7, 11) is 0. The maximum atomic E-state index is 12.5. The third-order valence-electron chi connectivity index (χ3n) is 4.14. The topological polar surface area (TPSA) is 70.5 Å². The van der Waals surface area contributed by atoms with E-state index in [1.807, 2.05) is 4.90 Å². The van der Waals surface area contributed by atoms with E-state index in [1.165, 1.54) is 22.5 Å². The van der Waals surface area contributed by atoms with E-state index in [1.54, 1.807) is 19.2 Å². The molecule has 0 radical (unpaired) electrons. The third-order valence-corrected chi connectivity index (χ3v) is 4.14. The Morgan fingerprint density at radius 1 is 1.52 bits per heavy atom. The summed E-state index contributed by atoms with van der Waals surface area (Å²) in [5, 5.41) is 2.78. The van der Waals surface area contributed by atoms with Gasteiger partial charge in [-0.25, -0.2) is 9.67 Å². The van der Waals surface area contributed by atoms with Gasteiger partial charge in [0.1, 0.15) is 0 Å². The third kappa shape index (κ3) is 3.26. The van der Waals surface area contributed by atoms with Crippen LogP contribution in [0.4, 0.5) is 0 Å². The Balaban J connectivity index is 1.66. The van der Waals surface area contributed by atoms with Gasteiger partial charge in [-0.05, 0) is 25.8 Å². The summed E-state index contributed by atoms with van der Waals surface area (Å²) in [6.07, 6.45) is 8.98. The van der Waals surface area contributed by atoms with Crippen molar-refractivity contribution >= 4 is 17.9 Å². The lowest BCUT2D eigenvalue weighted by Gasteiger charge is -2.21. The van der Waals surface area contributed by atoms with E-state index in [0.717, 1.165) is 25.9 Å². The lowest BCUT2D eigenvalue weighted by Crippen LogP contribution is -2.34. The summed E-state index contributed by atoms with van der Waals surface area (Å²) in [6, 6.07) is 1.41. The lowest BCUT2D eigenvalue weighted by atomic mass is 10.2. The number of fused-ring (bicyclic) bond motifs is 1. The molecule has 1 aliphatic carbocycles. The number of carbonyl (C=O) groups excluding carboxylic acids is 1. The first-order valence-corrected chi connectivity index (χ1v) is 7.76. The Morgan fingerprint density at radius 2 is 2.35 bits per heavy atom. The molecule has 1 aromatic rings. The highest BCUT2D eigenvalue weighted by molar-refractivity contribution is 6.12. The molecule has 6 heteroatoms. The van der Waals surface area contributed by atoms with Crippen molar-refractivity contribution in [3.63, 3.8) is 0 Å². The minimum absolute atomic E-state index is 0.0930. The smallest absolute Gasteiger partial charge is 0.272 e. The van der Waals surface area contributed by atoms with Crippen molar-refractivity contribution in [2.75, 3.05) is 13.1 Å². The van der Waals surface area contributed by atoms with Crippen molar-refractivity contribution in [3.05, 3.63) is 52.5 Å². The van der Waals surface area contributed by atoms with Crippen LogP contribution in [0.2, 0.25) is 0 Å². The van der Waals surface area contributed by atoms with Crippen LogP contribution in [0.25, 0.3) is 5.82 Å². The molecule has 1 unspecified atom stereocenters. The number of amides is 1. The van der Waals surface area contributed by atoms with Crippen LogP contribution >= 0.6 is 0 Å². The molecule has 1 N–H and O–H groups in total. The number of carbonyl (C=O) groups is 1. The van der Waals surface area contributed by atoms with E-state index in [9.17, 15) is 9.59 Å². The highest BCUT2D eigenvalue weighted by atomic mass is 16.2. The molecule has 0 saturated carbocycles. The molecule has 1 atom stereocenters. The quantitative estimate of drug-likeness (QED) is 0.523. The van der Waals surface area contributed by atoms with Gasteiger partial charge >= 0.3 is 0 Å². The average molecular weight is 312 g/mol. The van der Waals surface area contributed by atoms with E-state index < -0.39 is 0 Å². The Labute approximate surface area is 134 Å². The second-order valence-corrected chi connectivity index (χ2v) is 5.77. The average Bonchev–Trinajstić information content (AvgIpc) is 3.19. The van der Waals surface area contributed by atoms with Crippen molar-refractivity contribution in [1.82, 2.24) is 14.7 Å². The fraction of sp³-hybridized carbons (Fsp3) is 0.353. The molecule has 1 aromatic heterocycles. The van der Waals surface area contributed by atoms with Gasteiger partial charge in [-0.1, -0.05) is 18.2 Å². The number of aromatic amines is 1. The summed E-state index contributed by atoms with van der Waals surface area (Å²) >= 11 is 0. The van der Waals surface area contributed by atoms with E-state index >= 15 is 0 Å². The number of rotatable bonds is 4. The normalized spacial score (nSPS) is 20.9. The number of nitrogens with zero attached hydrogens (tertiary/aromatic N) is 3. The van der Waals surface area contributed by atoms with Crippen LogP contribution in [-0.2, 0) is 4.79 Å². The van der Waals surface area contributed by atoms with Gasteiger partial charge in [-0.3, -0.25) is 14.7 Å². The van der Waals surface area contributed by atoms with Crippen LogP contribution in [0.15, 0.2) is 51.9 Å². The fourth-order valence-electron chi connectivity index (χ4n) is 2.80. The summed E-state index contributed by atoms with van der Waals surface area (Å²) in [6.45, 7) is 7.10. The van der Waals surface area contributed by atoms with Gasteiger partial charge in [0.05, 0.1) is 5.57 Å². The molecule has 1 saturated heterocycles. The zero-order valence-corrected chi connectivity index (χ0v) is 13.2. The molecule has 3 rings (SSSR count). The molecule has 2 heterocycles. The van der Waals surface area contributed by atoms with E-state index in [4.69, 9.17) is 0 Å². The standard InChI is InChI=1S/C17H20N4O2/c1-3-15(21-16(22)6-7-19-21)18-10-12(2)17(23)20-8-4-5-13-9-14(13)11-20/h3,6-7,9-10,14,19H,2,4-5,8,11H2,1H3/b15-3+,18-10?.